The van der Waals surface area contributed by atoms with E-state index >= 15 is 0 Å². The van der Waals surface area contributed by atoms with Crippen molar-refractivity contribution in [2.75, 3.05) is 31.3 Å². The minimum atomic E-state index is -4.47. The number of pyridine rings is 1. The lowest BCUT2D eigenvalue weighted by atomic mass is 9.75. The van der Waals surface area contributed by atoms with Gasteiger partial charge in [-0.3, -0.25) is 4.79 Å². The molecule has 214 valence electrons. The van der Waals surface area contributed by atoms with Crippen LogP contribution in [0.4, 0.5) is 24.7 Å². The molecule has 1 aliphatic rings. The molecule has 2 atom stereocenters. The summed E-state index contributed by atoms with van der Waals surface area (Å²) in [6.07, 6.45) is -0.797. The molecule has 1 heterocycles. The zero-order valence-corrected chi connectivity index (χ0v) is 23.1. The number of aromatic nitrogens is 1. The third kappa shape index (κ3) is 7.51. The third-order valence-corrected chi connectivity index (χ3v) is 7.11. The van der Waals surface area contributed by atoms with E-state index in [9.17, 15) is 23.1 Å². The van der Waals surface area contributed by atoms with Gasteiger partial charge in [0.15, 0.2) is 0 Å². The number of nitrogens with zero attached hydrogens (tertiary/aromatic N) is 2. The van der Waals surface area contributed by atoms with Crippen LogP contribution in [-0.2, 0) is 30.4 Å². The summed E-state index contributed by atoms with van der Waals surface area (Å²) in [5.41, 5.74) is 0.911. The van der Waals surface area contributed by atoms with Gasteiger partial charge >= 0.3 is 6.18 Å². The Morgan fingerprint density at radius 3 is 2.55 bits per heavy atom. The van der Waals surface area contributed by atoms with E-state index in [1.165, 1.54) is 18.6 Å². The zero-order valence-electron chi connectivity index (χ0n) is 23.1. The van der Waals surface area contributed by atoms with Gasteiger partial charge in [-0.05, 0) is 93.2 Å². The Morgan fingerprint density at radius 2 is 1.85 bits per heavy atom. The van der Waals surface area contributed by atoms with Gasteiger partial charge in [-0.25, -0.2) is 4.98 Å². The van der Waals surface area contributed by atoms with Gasteiger partial charge in [0.25, 0.3) is 0 Å². The molecule has 0 fully saturated rings. The van der Waals surface area contributed by atoms with Crippen molar-refractivity contribution in [3.63, 3.8) is 0 Å². The minimum absolute atomic E-state index is 0.106. The first-order valence-corrected chi connectivity index (χ1v) is 13.1. The topological polar surface area (TPSA) is 86.7 Å². The molecule has 3 aromatic rings. The maximum absolute atomic E-state index is 13.7. The summed E-state index contributed by atoms with van der Waals surface area (Å²) in [5.74, 6) is 1.20. The number of aryl methyl sites for hydroxylation is 1. The zero-order chi connectivity index (χ0) is 29.1. The molecule has 40 heavy (non-hydrogen) atoms. The van der Waals surface area contributed by atoms with Crippen LogP contribution in [0.1, 0.15) is 42.5 Å². The van der Waals surface area contributed by atoms with E-state index in [4.69, 9.17) is 4.74 Å². The van der Waals surface area contributed by atoms with Crippen LogP contribution < -0.4 is 15.4 Å². The van der Waals surface area contributed by atoms with E-state index < -0.39 is 17.3 Å². The molecule has 2 unspecified atom stereocenters. The molecule has 0 radical (unpaired) electrons. The maximum atomic E-state index is 13.7. The van der Waals surface area contributed by atoms with Crippen molar-refractivity contribution in [3.8, 4) is 11.5 Å². The second kappa shape index (κ2) is 11.9. The molecule has 3 N–H and O–H groups in total. The highest BCUT2D eigenvalue weighted by molar-refractivity contribution is 5.87. The number of hydrogen-bond acceptors (Lipinski definition) is 6. The van der Waals surface area contributed by atoms with Crippen LogP contribution in [-0.4, -0.2) is 47.1 Å². The van der Waals surface area contributed by atoms with Gasteiger partial charge < -0.3 is 25.4 Å². The molecule has 0 aliphatic heterocycles. The minimum Gasteiger partial charge on any atom is -0.457 e. The Hall–Kier alpha value is -3.63. The summed E-state index contributed by atoms with van der Waals surface area (Å²) in [6, 6.07) is 13.4. The van der Waals surface area contributed by atoms with Gasteiger partial charge in [0.05, 0.1) is 11.2 Å². The molecule has 0 spiro atoms. The number of hydrogen-bond donors (Lipinski definition) is 3. The van der Waals surface area contributed by atoms with E-state index in [1.807, 2.05) is 18.2 Å². The van der Waals surface area contributed by atoms with Gasteiger partial charge in [0, 0.05) is 38.0 Å². The standard InChI is InChI=1S/C30H35F3N4O3/c1-19(38)36-28-16-26(11-12-34-28)40-25-10-7-20-5-8-23(13-22(20)14-25)29(2,39)18-35-24-9-6-21(17-37(3)4)27(15-24)30(31,32)33/h6-7,9-12,14-16,23,35,39H,5,8,13,17-18H2,1-4H3,(H,34,36,38). The van der Waals surface area contributed by atoms with Crippen molar-refractivity contribution in [2.45, 2.75) is 51.4 Å². The number of nitrogens with one attached hydrogen (secondary N) is 2. The fourth-order valence-electron chi connectivity index (χ4n) is 5.04. The second-order valence-electron chi connectivity index (χ2n) is 10.8. The lowest BCUT2D eigenvalue weighted by Gasteiger charge is -2.37. The fraction of sp³-hybridized carbons (Fsp3) is 0.400. The summed E-state index contributed by atoms with van der Waals surface area (Å²) in [7, 11) is 3.45. The SMILES string of the molecule is CC(=O)Nc1cc(Oc2ccc3c(c2)CC(C(C)(O)CNc2ccc(CN(C)C)c(C(F)(F)F)c2)CC3)ccn1. The van der Waals surface area contributed by atoms with E-state index in [2.05, 4.69) is 15.6 Å². The Bertz CT molecular complexity index is 1360. The van der Waals surface area contributed by atoms with Gasteiger partial charge in [-0.1, -0.05) is 12.1 Å². The second-order valence-corrected chi connectivity index (χ2v) is 10.8. The van der Waals surface area contributed by atoms with Crippen molar-refractivity contribution in [1.82, 2.24) is 9.88 Å². The number of aliphatic hydroxyl groups is 1. The molecule has 4 rings (SSSR count). The van der Waals surface area contributed by atoms with Crippen LogP contribution in [0, 0.1) is 5.92 Å². The third-order valence-electron chi connectivity index (χ3n) is 7.11. The normalized spacial score (nSPS) is 16.7. The van der Waals surface area contributed by atoms with Crippen LogP contribution in [0.2, 0.25) is 0 Å². The van der Waals surface area contributed by atoms with Crippen LogP contribution in [0.15, 0.2) is 54.7 Å². The first-order chi connectivity index (χ1) is 18.8. The molecule has 0 saturated carbocycles. The molecular formula is C30H35F3N4O3. The van der Waals surface area contributed by atoms with Crippen molar-refractivity contribution in [2.24, 2.45) is 5.92 Å². The molecule has 2 aromatic carbocycles. The monoisotopic (exact) mass is 556 g/mol. The lowest BCUT2D eigenvalue weighted by molar-refractivity contribution is -0.138. The molecule has 1 aliphatic carbocycles. The number of fused-ring (bicyclic) bond motifs is 1. The van der Waals surface area contributed by atoms with E-state index in [-0.39, 0.29) is 30.5 Å². The molecule has 10 heteroatoms. The van der Waals surface area contributed by atoms with Crippen molar-refractivity contribution in [3.05, 3.63) is 77.0 Å². The van der Waals surface area contributed by atoms with Crippen LogP contribution in [0.5, 0.6) is 11.5 Å². The van der Waals surface area contributed by atoms with Crippen LogP contribution in [0.3, 0.4) is 0 Å². The Kier molecular flexibility index (Phi) is 8.70. The molecule has 7 nitrogen and oxygen atoms in total. The summed E-state index contributed by atoms with van der Waals surface area (Å²) in [6.45, 7) is 3.41. The average Bonchev–Trinajstić information content (AvgIpc) is 2.86. The van der Waals surface area contributed by atoms with Crippen molar-refractivity contribution >= 4 is 17.4 Å². The number of anilines is 2. The molecule has 1 aromatic heterocycles. The average molecular weight is 557 g/mol. The highest BCUT2D eigenvalue weighted by atomic mass is 19.4. The summed E-state index contributed by atoms with van der Waals surface area (Å²) in [4.78, 5) is 17.1. The summed E-state index contributed by atoms with van der Waals surface area (Å²) in [5, 5.41) is 17.0. The number of halogens is 3. The largest absolute Gasteiger partial charge is 0.457 e. The molecule has 1 amide bonds. The lowest BCUT2D eigenvalue weighted by Crippen LogP contribution is -2.44. The summed E-state index contributed by atoms with van der Waals surface area (Å²) >= 11 is 0. The molecular weight excluding hydrogens is 521 g/mol. The quantitative estimate of drug-likeness (QED) is 0.305. The number of carbonyl (C=O) groups is 1. The first kappa shape index (κ1) is 29.4. The number of alkyl halides is 3. The smallest absolute Gasteiger partial charge is 0.416 e. The van der Waals surface area contributed by atoms with Gasteiger partial charge in [-0.15, -0.1) is 0 Å². The van der Waals surface area contributed by atoms with Crippen LogP contribution >= 0.6 is 0 Å². The maximum Gasteiger partial charge on any atom is 0.416 e. The number of amides is 1. The number of carbonyl (C=O) groups excluding carboxylic acids is 1. The van der Waals surface area contributed by atoms with E-state index in [0.29, 0.717) is 29.4 Å². The highest BCUT2D eigenvalue weighted by Crippen LogP contribution is 2.37. The Morgan fingerprint density at radius 1 is 1.10 bits per heavy atom. The Labute approximate surface area is 232 Å². The van der Waals surface area contributed by atoms with E-state index in [1.54, 1.807) is 50.3 Å². The number of ether oxygens (including phenoxy) is 1. The molecule has 0 bridgehead atoms. The summed E-state index contributed by atoms with van der Waals surface area (Å²) < 4.78 is 47.1. The molecule has 0 saturated heterocycles. The highest BCUT2D eigenvalue weighted by Gasteiger charge is 2.36. The number of rotatable bonds is 9. The van der Waals surface area contributed by atoms with Gasteiger partial charge in [-0.2, -0.15) is 13.2 Å². The van der Waals surface area contributed by atoms with Gasteiger partial charge in [0.1, 0.15) is 17.3 Å². The Balaban J connectivity index is 1.44. The van der Waals surface area contributed by atoms with Crippen molar-refractivity contribution < 1.29 is 27.8 Å². The van der Waals surface area contributed by atoms with Gasteiger partial charge in [0.2, 0.25) is 5.91 Å². The van der Waals surface area contributed by atoms with Crippen LogP contribution in [0.25, 0.3) is 0 Å². The first-order valence-electron chi connectivity index (χ1n) is 13.1. The predicted octanol–water partition coefficient (Wildman–Crippen LogP) is 5.88. The number of benzene rings is 2. The van der Waals surface area contributed by atoms with Crippen molar-refractivity contribution in [1.29, 1.82) is 0 Å². The predicted molar refractivity (Wildman–Crippen MR) is 149 cm³/mol. The van der Waals surface area contributed by atoms with E-state index in [0.717, 1.165) is 24.5 Å². The fourth-order valence-corrected chi connectivity index (χ4v) is 5.04.